The molecule has 1 aliphatic heterocycles. The minimum atomic E-state index is 0.657. The van der Waals surface area contributed by atoms with Gasteiger partial charge in [0, 0.05) is 23.6 Å². The SMILES string of the molecule is N#Cc1ccc(Br)cc1N1CCC(NCC2CC2)CC1. The highest BCUT2D eigenvalue weighted by molar-refractivity contribution is 9.10. The van der Waals surface area contributed by atoms with Crippen molar-refractivity contribution in [2.75, 3.05) is 24.5 Å². The van der Waals surface area contributed by atoms with Gasteiger partial charge in [0.05, 0.1) is 11.3 Å². The molecule has 3 rings (SSSR count). The first-order valence-electron chi connectivity index (χ1n) is 7.44. The zero-order valence-corrected chi connectivity index (χ0v) is 13.2. The molecule has 20 heavy (non-hydrogen) atoms. The van der Waals surface area contributed by atoms with Crippen molar-refractivity contribution in [2.45, 2.75) is 31.7 Å². The molecule has 0 radical (unpaired) electrons. The maximum absolute atomic E-state index is 9.24. The molecule has 1 saturated carbocycles. The summed E-state index contributed by atoms with van der Waals surface area (Å²) in [5.41, 5.74) is 1.85. The molecule has 0 amide bonds. The molecule has 1 aromatic carbocycles. The van der Waals surface area contributed by atoms with Gasteiger partial charge in [-0.25, -0.2) is 0 Å². The molecule has 0 atom stereocenters. The van der Waals surface area contributed by atoms with Gasteiger partial charge in [-0.15, -0.1) is 0 Å². The summed E-state index contributed by atoms with van der Waals surface area (Å²) in [6, 6.07) is 8.86. The average molecular weight is 334 g/mol. The number of hydrogen-bond acceptors (Lipinski definition) is 3. The molecule has 1 aliphatic carbocycles. The molecule has 106 valence electrons. The maximum atomic E-state index is 9.24. The van der Waals surface area contributed by atoms with Crippen molar-refractivity contribution in [3.05, 3.63) is 28.2 Å². The van der Waals surface area contributed by atoms with Crippen LogP contribution in [0.25, 0.3) is 0 Å². The zero-order valence-electron chi connectivity index (χ0n) is 11.6. The second-order valence-corrected chi connectivity index (χ2v) is 6.80. The van der Waals surface area contributed by atoms with Crippen LogP contribution in [0.15, 0.2) is 22.7 Å². The van der Waals surface area contributed by atoms with E-state index in [0.29, 0.717) is 6.04 Å². The van der Waals surface area contributed by atoms with E-state index >= 15 is 0 Å². The Balaban J connectivity index is 1.59. The maximum Gasteiger partial charge on any atom is 0.101 e. The lowest BCUT2D eigenvalue weighted by Crippen LogP contribution is -2.43. The lowest BCUT2D eigenvalue weighted by molar-refractivity contribution is 0.409. The predicted octanol–water partition coefficient (Wildman–Crippen LogP) is 3.29. The second-order valence-electron chi connectivity index (χ2n) is 5.89. The summed E-state index contributed by atoms with van der Waals surface area (Å²) in [5.74, 6) is 0.947. The van der Waals surface area contributed by atoms with Crippen LogP contribution in [0, 0.1) is 17.2 Å². The van der Waals surface area contributed by atoms with Crippen LogP contribution in [0.1, 0.15) is 31.2 Å². The predicted molar refractivity (Wildman–Crippen MR) is 84.8 cm³/mol. The van der Waals surface area contributed by atoms with E-state index in [1.807, 2.05) is 12.1 Å². The van der Waals surface area contributed by atoms with E-state index in [9.17, 15) is 5.26 Å². The highest BCUT2D eigenvalue weighted by atomic mass is 79.9. The van der Waals surface area contributed by atoms with E-state index in [4.69, 9.17) is 0 Å². The van der Waals surface area contributed by atoms with Gasteiger partial charge in [-0.3, -0.25) is 0 Å². The van der Waals surface area contributed by atoms with E-state index in [0.717, 1.165) is 34.7 Å². The second kappa shape index (κ2) is 6.15. The van der Waals surface area contributed by atoms with Crippen LogP contribution >= 0.6 is 15.9 Å². The number of halogens is 1. The first-order valence-corrected chi connectivity index (χ1v) is 8.23. The Bertz CT molecular complexity index is 511. The number of hydrogen-bond donors (Lipinski definition) is 1. The molecule has 1 heterocycles. The Morgan fingerprint density at radius 3 is 2.65 bits per heavy atom. The van der Waals surface area contributed by atoms with Gasteiger partial charge >= 0.3 is 0 Å². The Labute approximate surface area is 129 Å². The number of nitrogens with zero attached hydrogens (tertiary/aromatic N) is 2. The fraction of sp³-hybridized carbons (Fsp3) is 0.562. The van der Waals surface area contributed by atoms with Crippen molar-refractivity contribution in [3.63, 3.8) is 0 Å². The molecule has 0 bridgehead atoms. The van der Waals surface area contributed by atoms with Gasteiger partial charge in [-0.05, 0) is 56.3 Å². The monoisotopic (exact) mass is 333 g/mol. The highest BCUT2D eigenvalue weighted by Gasteiger charge is 2.25. The Kier molecular flexibility index (Phi) is 4.28. The molecule has 4 heteroatoms. The molecule has 0 unspecified atom stereocenters. The average Bonchev–Trinajstić information content (AvgIpc) is 3.30. The minimum Gasteiger partial charge on any atom is -0.370 e. The molecule has 0 spiro atoms. The summed E-state index contributed by atoms with van der Waals surface area (Å²) in [7, 11) is 0. The van der Waals surface area contributed by atoms with Crippen molar-refractivity contribution in [1.29, 1.82) is 5.26 Å². The van der Waals surface area contributed by atoms with E-state index in [-0.39, 0.29) is 0 Å². The van der Waals surface area contributed by atoms with Crippen LogP contribution in [0.2, 0.25) is 0 Å². The van der Waals surface area contributed by atoms with E-state index < -0.39 is 0 Å². The van der Waals surface area contributed by atoms with Crippen LogP contribution < -0.4 is 10.2 Å². The molecule has 2 fully saturated rings. The molecule has 1 saturated heterocycles. The van der Waals surface area contributed by atoms with Crippen LogP contribution in [0.5, 0.6) is 0 Å². The van der Waals surface area contributed by atoms with Gasteiger partial charge in [-0.1, -0.05) is 15.9 Å². The molecule has 0 aromatic heterocycles. The summed E-state index contributed by atoms with van der Waals surface area (Å²) in [6.45, 7) is 3.27. The van der Waals surface area contributed by atoms with Gasteiger partial charge < -0.3 is 10.2 Å². The van der Waals surface area contributed by atoms with Crippen molar-refractivity contribution in [3.8, 4) is 6.07 Å². The van der Waals surface area contributed by atoms with Crippen LogP contribution in [0.4, 0.5) is 5.69 Å². The van der Waals surface area contributed by atoms with E-state index in [2.05, 4.69) is 38.3 Å². The van der Waals surface area contributed by atoms with Crippen LogP contribution in [0.3, 0.4) is 0 Å². The van der Waals surface area contributed by atoms with Crippen molar-refractivity contribution in [1.82, 2.24) is 5.32 Å². The van der Waals surface area contributed by atoms with Gasteiger partial charge in [0.15, 0.2) is 0 Å². The van der Waals surface area contributed by atoms with E-state index in [1.54, 1.807) is 0 Å². The zero-order chi connectivity index (χ0) is 13.9. The normalized spacial score (nSPS) is 19.9. The lowest BCUT2D eigenvalue weighted by Gasteiger charge is -2.34. The Morgan fingerprint density at radius 2 is 2.00 bits per heavy atom. The summed E-state index contributed by atoms with van der Waals surface area (Å²) in [6.07, 6.45) is 5.17. The van der Waals surface area contributed by atoms with Crippen LogP contribution in [-0.4, -0.2) is 25.7 Å². The molecule has 2 aliphatic rings. The molecule has 1 aromatic rings. The number of nitrogens with one attached hydrogen (secondary N) is 1. The van der Waals surface area contributed by atoms with Gasteiger partial charge in [0.1, 0.15) is 6.07 Å². The third kappa shape index (κ3) is 3.34. The van der Waals surface area contributed by atoms with Gasteiger partial charge in [-0.2, -0.15) is 5.26 Å². The first kappa shape index (κ1) is 13.9. The third-order valence-corrected chi connectivity index (χ3v) is 4.80. The Morgan fingerprint density at radius 1 is 1.25 bits per heavy atom. The quantitative estimate of drug-likeness (QED) is 0.918. The molecule has 1 N–H and O–H groups in total. The summed E-state index contributed by atoms with van der Waals surface area (Å²) < 4.78 is 1.04. The van der Waals surface area contributed by atoms with Crippen molar-refractivity contribution in [2.24, 2.45) is 5.92 Å². The largest absolute Gasteiger partial charge is 0.370 e. The fourth-order valence-electron chi connectivity index (χ4n) is 2.84. The summed E-state index contributed by atoms with van der Waals surface area (Å²) in [4.78, 5) is 2.35. The fourth-order valence-corrected chi connectivity index (χ4v) is 3.19. The van der Waals surface area contributed by atoms with Crippen LogP contribution in [-0.2, 0) is 0 Å². The summed E-state index contributed by atoms with van der Waals surface area (Å²) in [5, 5.41) is 12.9. The molecule has 3 nitrogen and oxygen atoms in total. The van der Waals surface area contributed by atoms with Crippen molar-refractivity contribution >= 4 is 21.6 Å². The number of rotatable bonds is 4. The number of anilines is 1. The molecular weight excluding hydrogens is 314 g/mol. The van der Waals surface area contributed by atoms with E-state index in [1.165, 1.54) is 32.2 Å². The first-order chi connectivity index (χ1) is 9.76. The van der Waals surface area contributed by atoms with Gasteiger partial charge in [0.2, 0.25) is 0 Å². The third-order valence-electron chi connectivity index (χ3n) is 4.31. The lowest BCUT2D eigenvalue weighted by atomic mass is 10.0. The smallest absolute Gasteiger partial charge is 0.101 e. The molecular formula is C16H20BrN3. The standard InChI is InChI=1S/C16H20BrN3/c17-14-4-3-13(10-18)16(9-14)20-7-5-15(6-8-20)19-11-12-1-2-12/h3-4,9,12,15,19H,1-2,5-8,11H2. The minimum absolute atomic E-state index is 0.657. The van der Waals surface area contributed by atoms with Crippen molar-refractivity contribution < 1.29 is 0 Å². The number of nitriles is 1. The number of piperidine rings is 1. The number of benzene rings is 1. The van der Waals surface area contributed by atoms with Gasteiger partial charge in [0.25, 0.3) is 0 Å². The highest BCUT2D eigenvalue weighted by Crippen LogP contribution is 2.29. The Hall–Kier alpha value is -1.05. The summed E-state index contributed by atoms with van der Waals surface area (Å²) >= 11 is 3.50. The topological polar surface area (TPSA) is 39.1 Å².